The van der Waals surface area contributed by atoms with Crippen molar-refractivity contribution >= 4 is 33.3 Å². The van der Waals surface area contributed by atoms with Crippen molar-refractivity contribution in [2.24, 2.45) is 0 Å². The van der Waals surface area contributed by atoms with Gasteiger partial charge in [-0.1, -0.05) is 35.3 Å². The van der Waals surface area contributed by atoms with Gasteiger partial charge in [0, 0.05) is 15.6 Å². The minimum atomic E-state index is -4.55. The van der Waals surface area contributed by atoms with E-state index < -0.39 is 10.1 Å². The summed E-state index contributed by atoms with van der Waals surface area (Å²) in [7, 11) is -4.55. The quantitative estimate of drug-likeness (QED) is 0.797. The van der Waals surface area contributed by atoms with Crippen molar-refractivity contribution in [2.45, 2.75) is 4.90 Å². The molecule has 2 rings (SSSR count). The third-order valence-corrected chi connectivity index (χ3v) is 3.75. The summed E-state index contributed by atoms with van der Waals surface area (Å²) in [6.45, 7) is 0. The molecular weight excluding hydrogens is 295 g/mol. The van der Waals surface area contributed by atoms with E-state index in [0.717, 1.165) is 0 Å². The summed E-state index contributed by atoms with van der Waals surface area (Å²) in [6, 6.07) is 10.5. The highest BCUT2D eigenvalue weighted by molar-refractivity contribution is 7.85. The van der Waals surface area contributed by atoms with Gasteiger partial charge in [-0.05, 0) is 35.9 Å². The molecule has 0 atom stereocenters. The van der Waals surface area contributed by atoms with Crippen LogP contribution in [0.25, 0.3) is 11.1 Å². The van der Waals surface area contributed by atoms with E-state index >= 15 is 0 Å². The Morgan fingerprint density at radius 2 is 1.44 bits per heavy atom. The molecule has 0 aliphatic heterocycles. The smallest absolute Gasteiger partial charge is 0.125 e. The van der Waals surface area contributed by atoms with Gasteiger partial charge >= 0.3 is 0 Å². The van der Waals surface area contributed by atoms with E-state index in [1.54, 1.807) is 24.3 Å². The molecule has 0 aliphatic carbocycles. The highest BCUT2D eigenvalue weighted by Crippen LogP contribution is 2.30. The Balaban J connectivity index is 2.69. The summed E-state index contributed by atoms with van der Waals surface area (Å²) in [5, 5.41) is 0.875. The van der Waals surface area contributed by atoms with E-state index in [2.05, 4.69) is 0 Å². The number of rotatable bonds is 2. The molecule has 0 saturated heterocycles. The summed E-state index contributed by atoms with van der Waals surface area (Å²) in [6.07, 6.45) is 0. The highest BCUT2D eigenvalue weighted by atomic mass is 35.5. The molecule has 0 spiro atoms. The minimum absolute atomic E-state index is 0.272. The van der Waals surface area contributed by atoms with E-state index in [9.17, 15) is 13.0 Å². The van der Waals surface area contributed by atoms with Crippen molar-refractivity contribution < 1.29 is 13.0 Å². The molecule has 0 unspecified atom stereocenters. The fourth-order valence-electron chi connectivity index (χ4n) is 1.58. The van der Waals surface area contributed by atoms with Gasteiger partial charge in [-0.25, -0.2) is 8.42 Å². The monoisotopic (exact) mass is 301 g/mol. The van der Waals surface area contributed by atoms with Crippen molar-refractivity contribution in [3.8, 4) is 11.1 Å². The average Bonchev–Trinajstić information content (AvgIpc) is 2.28. The lowest BCUT2D eigenvalue weighted by molar-refractivity contribution is 0.463. The zero-order chi connectivity index (χ0) is 13.3. The first-order valence-electron chi connectivity index (χ1n) is 4.89. The number of halogens is 2. The lowest BCUT2D eigenvalue weighted by Crippen LogP contribution is -2.01. The van der Waals surface area contributed by atoms with Gasteiger partial charge < -0.3 is 4.55 Å². The van der Waals surface area contributed by atoms with Crippen LogP contribution in [0.5, 0.6) is 0 Å². The molecule has 0 aromatic heterocycles. The average molecular weight is 302 g/mol. The Hall–Kier alpha value is -1.07. The molecular formula is C12H7Cl2O3S-. The third kappa shape index (κ3) is 2.84. The lowest BCUT2D eigenvalue weighted by Gasteiger charge is -2.13. The van der Waals surface area contributed by atoms with Crippen molar-refractivity contribution in [1.29, 1.82) is 0 Å². The summed E-state index contributed by atoms with van der Waals surface area (Å²) in [5.74, 6) is 0. The van der Waals surface area contributed by atoms with E-state index in [4.69, 9.17) is 23.2 Å². The maximum absolute atomic E-state index is 11.2. The van der Waals surface area contributed by atoms with Gasteiger partial charge in [0.15, 0.2) is 0 Å². The molecule has 0 aliphatic rings. The van der Waals surface area contributed by atoms with Crippen LogP contribution in [0.3, 0.4) is 0 Å². The first kappa shape index (κ1) is 13.4. The second kappa shape index (κ2) is 4.90. The summed E-state index contributed by atoms with van der Waals surface area (Å²) in [4.78, 5) is -0.297. The molecule has 94 valence electrons. The molecule has 0 N–H and O–H groups in total. The Morgan fingerprint density at radius 3 is 2.00 bits per heavy atom. The number of hydrogen-bond acceptors (Lipinski definition) is 3. The maximum Gasteiger partial charge on any atom is 0.125 e. The van der Waals surface area contributed by atoms with Crippen LogP contribution < -0.4 is 0 Å². The molecule has 0 radical (unpaired) electrons. The van der Waals surface area contributed by atoms with E-state index in [1.807, 2.05) is 0 Å². The largest absolute Gasteiger partial charge is 0.744 e. The summed E-state index contributed by atoms with van der Waals surface area (Å²) in [5.41, 5.74) is 0.838. The van der Waals surface area contributed by atoms with Crippen LogP contribution in [-0.4, -0.2) is 13.0 Å². The van der Waals surface area contributed by atoms with Crippen LogP contribution in [-0.2, 0) is 10.1 Å². The van der Waals surface area contributed by atoms with Crippen LogP contribution in [0.15, 0.2) is 47.4 Å². The van der Waals surface area contributed by atoms with Gasteiger partial charge in [-0.15, -0.1) is 0 Å². The first-order valence-corrected chi connectivity index (χ1v) is 7.06. The Kier molecular flexibility index (Phi) is 3.64. The molecule has 6 heteroatoms. The highest BCUT2D eigenvalue weighted by Gasteiger charge is 2.11. The molecule has 2 aromatic carbocycles. The fourth-order valence-corrected chi connectivity index (χ4v) is 2.55. The van der Waals surface area contributed by atoms with Crippen LogP contribution in [0, 0.1) is 0 Å². The van der Waals surface area contributed by atoms with Crippen LogP contribution in [0.4, 0.5) is 0 Å². The standard InChI is InChI=1S/C12H8Cl2O3S/c13-9-3-1-8(2-4-9)11-7-10(14)5-6-12(11)18(15,16)17/h1-7H,(H,15,16,17)/p-1. The molecule has 2 aromatic rings. The van der Waals surface area contributed by atoms with Crippen molar-refractivity contribution in [1.82, 2.24) is 0 Å². The topological polar surface area (TPSA) is 57.2 Å². The van der Waals surface area contributed by atoms with E-state index in [1.165, 1.54) is 18.2 Å². The predicted octanol–water partition coefficient (Wildman–Crippen LogP) is 3.56. The SMILES string of the molecule is O=S(=O)([O-])c1ccc(Cl)cc1-c1ccc(Cl)cc1. The fraction of sp³-hybridized carbons (Fsp3) is 0. The van der Waals surface area contributed by atoms with E-state index in [-0.39, 0.29) is 10.5 Å². The second-order valence-corrected chi connectivity index (χ2v) is 5.82. The van der Waals surface area contributed by atoms with Crippen LogP contribution >= 0.6 is 23.2 Å². The Labute approximate surface area is 115 Å². The predicted molar refractivity (Wildman–Crippen MR) is 69.9 cm³/mol. The van der Waals surface area contributed by atoms with Gasteiger partial charge in [-0.3, -0.25) is 0 Å². The number of hydrogen-bond donors (Lipinski definition) is 0. The van der Waals surface area contributed by atoms with Gasteiger partial charge in [0.25, 0.3) is 0 Å². The Morgan fingerprint density at radius 1 is 0.889 bits per heavy atom. The number of benzene rings is 2. The molecule has 18 heavy (non-hydrogen) atoms. The maximum atomic E-state index is 11.2. The zero-order valence-electron chi connectivity index (χ0n) is 8.93. The van der Waals surface area contributed by atoms with E-state index in [0.29, 0.717) is 15.6 Å². The third-order valence-electron chi connectivity index (χ3n) is 2.37. The molecule has 0 heterocycles. The van der Waals surface area contributed by atoms with Crippen molar-refractivity contribution in [3.05, 3.63) is 52.5 Å². The lowest BCUT2D eigenvalue weighted by atomic mass is 10.1. The van der Waals surface area contributed by atoms with Gasteiger partial charge in [-0.2, -0.15) is 0 Å². The summed E-state index contributed by atoms with van der Waals surface area (Å²) < 4.78 is 33.5. The molecule has 0 bridgehead atoms. The normalized spacial score (nSPS) is 11.5. The molecule has 3 nitrogen and oxygen atoms in total. The van der Waals surface area contributed by atoms with Crippen molar-refractivity contribution in [3.63, 3.8) is 0 Å². The zero-order valence-corrected chi connectivity index (χ0v) is 11.3. The Bertz CT molecular complexity index is 679. The molecule has 0 fully saturated rings. The van der Waals surface area contributed by atoms with Gasteiger partial charge in [0.2, 0.25) is 0 Å². The molecule has 0 amide bonds. The van der Waals surface area contributed by atoms with Crippen LogP contribution in [0.1, 0.15) is 0 Å². The second-order valence-electron chi connectivity index (χ2n) is 3.60. The minimum Gasteiger partial charge on any atom is -0.744 e. The molecule has 0 saturated carbocycles. The van der Waals surface area contributed by atoms with Gasteiger partial charge in [0.1, 0.15) is 10.1 Å². The first-order chi connectivity index (χ1) is 8.38. The van der Waals surface area contributed by atoms with Gasteiger partial charge in [0.05, 0.1) is 4.90 Å². The van der Waals surface area contributed by atoms with Crippen molar-refractivity contribution in [2.75, 3.05) is 0 Å². The van der Waals surface area contributed by atoms with Crippen LogP contribution in [0.2, 0.25) is 10.0 Å². The summed E-state index contributed by atoms with van der Waals surface area (Å²) >= 11 is 11.6.